The number of likely N-dealkylation sites (tertiary alicyclic amines) is 1. The Labute approximate surface area is 287 Å². The second kappa shape index (κ2) is 17.9. The number of fused-ring (bicyclic) bond motifs is 1. The molecule has 0 amide bonds. The van der Waals surface area contributed by atoms with E-state index in [-0.39, 0.29) is 12.1 Å². The van der Waals surface area contributed by atoms with E-state index in [4.69, 9.17) is 4.74 Å². The summed E-state index contributed by atoms with van der Waals surface area (Å²) in [6.07, 6.45) is 11.8. The van der Waals surface area contributed by atoms with Crippen molar-refractivity contribution in [2.45, 2.75) is 136 Å². The van der Waals surface area contributed by atoms with Gasteiger partial charge in [0.2, 0.25) is 0 Å². The van der Waals surface area contributed by atoms with Crippen LogP contribution in [-0.4, -0.2) is 80.8 Å². The SMILES string of the molecule is CCCC(CCC(C)NC(C)C)NC(=N)C1c2cc(OC)c(C#CCCN(C)C)cc2N1NCN1CC(CC)CC1CC(C)C1CC1. The number of methoxy groups -OCH3 is 1. The van der Waals surface area contributed by atoms with Gasteiger partial charge in [0.25, 0.3) is 0 Å². The first kappa shape index (κ1) is 37.5. The second-order valence-corrected chi connectivity index (χ2v) is 15.4. The molecule has 8 heteroatoms. The lowest BCUT2D eigenvalue weighted by Crippen LogP contribution is -2.57. The molecule has 1 aromatic carbocycles. The number of hydrazine groups is 1. The molecule has 1 aromatic rings. The number of amidine groups is 1. The number of nitrogens with one attached hydrogen (secondary N) is 4. The maximum Gasteiger partial charge on any atom is 0.135 e. The molecular formula is C39H67N7O. The molecule has 2 heterocycles. The van der Waals surface area contributed by atoms with Gasteiger partial charge in [0, 0.05) is 49.2 Å². The molecular weight excluding hydrogens is 582 g/mol. The van der Waals surface area contributed by atoms with Gasteiger partial charge in [-0.3, -0.25) is 15.3 Å². The summed E-state index contributed by atoms with van der Waals surface area (Å²) in [6, 6.07) is 5.94. The molecule has 0 radical (unpaired) electrons. The zero-order valence-electron chi connectivity index (χ0n) is 31.2. The number of hydrogen-bond acceptors (Lipinski definition) is 7. The summed E-state index contributed by atoms with van der Waals surface area (Å²) < 4.78 is 5.86. The van der Waals surface area contributed by atoms with Crippen LogP contribution in [0.4, 0.5) is 5.69 Å². The van der Waals surface area contributed by atoms with Crippen LogP contribution in [0.2, 0.25) is 0 Å². The molecule has 47 heavy (non-hydrogen) atoms. The summed E-state index contributed by atoms with van der Waals surface area (Å²) in [5, 5.41) is 19.0. The maximum absolute atomic E-state index is 9.41. The molecule has 6 unspecified atom stereocenters. The Morgan fingerprint density at radius 2 is 1.87 bits per heavy atom. The number of nitrogens with zero attached hydrogens (tertiary/aromatic N) is 3. The van der Waals surface area contributed by atoms with Gasteiger partial charge in [-0.1, -0.05) is 59.3 Å². The van der Waals surface area contributed by atoms with Crippen molar-refractivity contribution >= 4 is 11.5 Å². The first-order valence-corrected chi connectivity index (χ1v) is 18.8. The van der Waals surface area contributed by atoms with E-state index in [1.807, 2.05) is 0 Å². The minimum atomic E-state index is -0.186. The zero-order chi connectivity index (χ0) is 34.1. The summed E-state index contributed by atoms with van der Waals surface area (Å²) in [5.41, 5.74) is 6.98. The summed E-state index contributed by atoms with van der Waals surface area (Å²) in [4.78, 5) is 4.85. The van der Waals surface area contributed by atoms with E-state index < -0.39 is 0 Å². The Morgan fingerprint density at radius 3 is 2.51 bits per heavy atom. The van der Waals surface area contributed by atoms with Crippen LogP contribution in [0.5, 0.6) is 5.75 Å². The van der Waals surface area contributed by atoms with Crippen molar-refractivity contribution in [3.8, 4) is 17.6 Å². The molecule has 1 saturated heterocycles. The van der Waals surface area contributed by atoms with Crippen LogP contribution >= 0.6 is 0 Å². The summed E-state index contributed by atoms with van der Waals surface area (Å²) >= 11 is 0. The van der Waals surface area contributed by atoms with Gasteiger partial charge < -0.3 is 20.3 Å². The fourth-order valence-corrected chi connectivity index (χ4v) is 7.71. The van der Waals surface area contributed by atoms with E-state index in [0.717, 1.165) is 92.2 Å². The lowest BCUT2D eigenvalue weighted by Gasteiger charge is -2.46. The van der Waals surface area contributed by atoms with Crippen LogP contribution in [0.25, 0.3) is 0 Å². The largest absolute Gasteiger partial charge is 0.495 e. The molecule has 4 N–H and O–H groups in total. The Kier molecular flexibility index (Phi) is 14.3. The van der Waals surface area contributed by atoms with E-state index >= 15 is 0 Å². The van der Waals surface area contributed by atoms with Gasteiger partial charge in [-0.25, -0.2) is 5.43 Å². The highest BCUT2D eigenvalue weighted by molar-refractivity contribution is 5.95. The molecule has 4 rings (SSSR count). The monoisotopic (exact) mass is 650 g/mol. The van der Waals surface area contributed by atoms with Gasteiger partial charge in [0.1, 0.15) is 17.6 Å². The molecule has 0 bridgehead atoms. The zero-order valence-corrected chi connectivity index (χ0v) is 31.2. The van der Waals surface area contributed by atoms with Gasteiger partial charge in [-0.15, -0.1) is 0 Å². The van der Waals surface area contributed by atoms with Crippen molar-refractivity contribution in [1.82, 2.24) is 25.9 Å². The van der Waals surface area contributed by atoms with Gasteiger partial charge >= 0.3 is 0 Å². The molecule has 0 aromatic heterocycles. The third-order valence-electron chi connectivity index (χ3n) is 10.6. The Balaban J connectivity index is 1.54. The van der Waals surface area contributed by atoms with Crippen molar-refractivity contribution in [2.24, 2.45) is 17.8 Å². The number of benzene rings is 1. The molecule has 1 aliphatic carbocycles. The van der Waals surface area contributed by atoms with Gasteiger partial charge in [0.15, 0.2) is 0 Å². The van der Waals surface area contributed by atoms with Gasteiger partial charge in [-0.05, 0) is 95.9 Å². The highest BCUT2D eigenvalue weighted by Gasteiger charge is 2.41. The number of anilines is 1. The lowest BCUT2D eigenvalue weighted by atomic mass is 9.91. The van der Waals surface area contributed by atoms with E-state index in [1.54, 1.807) is 7.11 Å². The fraction of sp³-hybridized carbons (Fsp3) is 0.769. The van der Waals surface area contributed by atoms with Crippen LogP contribution in [-0.2, 0) is 0 Å². The maximum atomic E-state index is 9.41. The number of hydrogen-bond donors (Lipinski definition) is 4. The first-order valence-electron chi connectivity index (χ1n) is 18.8. The minimum absolute atomic E-state index is 0.186. The standard InChI is InChI=1S/C39H67N7O/c1-10-14-33(19-16-29(6)42-27(3)4)43-39(40)38-35-24-37(47-9)32(15-12-13-20-44(7)8)23-36(35)46(38)41-26-45-25-30(11-2)22-34(45)21-28(5)31-17-18-31/h23-24,27-31,33-34,38,41-42H,10-11,13-14,16-22,25-26H2,1-9H3,(H2,40,43). The van der Waals surface area contributed by atoms with Crippen molar-refractivity contribution in [1.29, 1.82) is 5.41 Å². The second-order valence-electron chi connectivity index (χ2n) is 15.4. The van der Waals surface area contributed by atoms with E-state index in [0.29, 0.717) is 24.0 Å². The van der Waals surface area contributed by atoms with Crippen molar-refractivity contribution < 1.29 is 4.74 Å². The highest BCUT2D eigenvalue weighted by Crippen LogP contribution is 2.46. The molecule has 8 nitrogen and oxygen atoms in total. The van der Waals surface area contributed by atoms with Crippen molar-refractivity contribution in [3.63, 3.8) is 0 Å². The summed E-state index contributed by atoms with van der Waals surface area (Å²) in [5.74, 6) is 10.6. The van der Waals surface area contributed by atoms with E-state index in [9.17, 15) is 5.41 Å². The van der Waals surface area contributed by atoms with Crippen molar-refractivity contribution in [2.75, 3.05) is 46.0 Å². The fourth-order valence-electron chi connectivity index (χ4n) is 7.71. The topological polar surface area (TPSA) is 78.9 Å². The third-order valence-corrected chi connectivity index (χ3v) is 10.6. The predicted octanol–water partition coefficient (Wildman–Crippen LogP) is 6.76. The summed E-state index contributed by atoms with van der Waals surface area (Å²) in [7, 11) is 5.88. The molecule has 3 aliphatic rings. The lowest BCUT2D eigenvalue weighted by molar-refractivity contribution is 0.194. The number of ether oxygens (including phenoxy) is 1. The van der Waals surface area contributed by atoms with E-state index in [2.05, 4.69) is 110 Å². The average molecular weight is 650 g/mol. The highest BCUT2D eigenvalue weighted by atomic mass is 16.5. The van der Waals surface area contributed by atoms with Crippen molar-refractivity contribution in [3.05, 3.63) is 23.3 Å². The van der Waals surface area contributed by atoms with Gasteiger partial charge in [0.05, 0.1) is 25.0 Å². The quantitative estimate of drug-likeness (QED) is 0.0750. The third kappa shape index (κ3) is 10.6. The van der Waals surface area contributed by atoms with E-state index in [1.165, 1.54) is 32.1 Å². The molecule has 6 atom stereocenters. The molecule has 264 valence electrons. The molecule has 0 spiro atoms. The normalized spacial score (nSPS) is 22.8. The Morgan fingerprint density at radius 1 is 1.11 bits per heavy atom. The minimum Gasteiger partial charge on any atom is -0.495 e. The first-order chi connectivity index (χ1) is 22.5. The number of rotatable bonds is 19. The molecule has 2 aliphatic heterocycles. The molecule has 2 fully saturated rings. The van der Waals surface area contributed by atoms with Crippen LogP contribution in [0.15, 0.2) is 12.1 Å². The molecule has 1 saturated carbocycles. The van der Waals surface area contributed by atoms with Gasteiger partial charge in [-0.2, -0.15) is 0 Å². The Hall–Kier alpha value is -2.31. The summed E-state index contributed by atoms with van der Waals surface area (Å²) in [6.45, 7) is 16.6. The van der Waals surface area contributed by atoms with Crippen LogP contribution in [0.3, 0.4) is 0 Å². The van der Waals surface area contributed by atoms with Crippen LogP contribution < -0.4 is 25.8 Å². The van der Waals surface area contributed by atoms with Crippen LogP contribution in [0, 0.1) is 35.0 Å². The average Bonchev–Trinajstić information content (AvgIpc) is 3.80. The van der Waals surface area contributed by atoms with Crippen LogP contribution in [0.1, 0.15) is 123 Å². The smallest absolute Gasteiger partial charge is 0.135 e. The predicted molar refractivity (Wildman–Crippen MR) is 198 cm³/mol. The Bertz CT molecular complexity index is 1200.